The maximum absolute atomic E-state index is 13.5. The first kappa shape index (κ1) is 21.6. The molecule has 2 amide bonds. The Balaban J connectivity index is 1.76. The molecule has 32 heavy (non-hydrogen) atoms. The Bertz CT molecular complexity index is 1110. The molecule has 166 valence electrons. The molecule has 0 aliphatic carbocycles. The number of hydrogen-bond acceptors (Lipinski definition) is 4. The lowest BCUT2D eigenvalue weighted by atomic mass is 10.1. The van der Waals surface area contributed by atoms with Crippen molar-refractivity contribution in [3.05, 3.63) is 71.4 Å². The van der Waals surface area contributed by atoms with E-state index in [0.29, 0.717) is 16.9 Å². The fourth-order valence-electron chi connectivity index (χ4n) is 3.46. The summed E-state index contributed by atoms with van der Waals surface area (Å²) in [5, 5.41) is 2.19. The van der Waals surface area contributed by atoms with Crippen molar-refractivity contribution >= 4 is 29.2 Å². The number of alkyl halides is 3. The minimum absolute atomic E-state index is 0.187. The van der Waals surface area contributed by atoms with Crippen molar-refractivity contribution in [2.24, 2.45) is 0 Å². The van der Waals surface area contributed by atoms with Gasteiger partial charge in [-0.2, -0.15) is 18.2 Å². The number of amides is 2. The summed E-state index contributed by atoms with van der Waals surface area (Å²) >= 11 is 0. The summed E-state index contributed by atoms with van der Waals surface area (Å²) in [6.45, 7) is 2.93. The van der Waals surface area contributed by atoms with E-state index in [2.05, 4.69) is 15.3 Å². The van der Waals surface area contributed by atoms with Crippen molar-refractivity contribution in [1.82, 2.24) is 9.97 Å². The van der Waals surface area contributed by atoms with Gasteiger partial charge in [-0.05, 0) is 43.2 Å². The van der Waals surface area contributed by atoms with Crippen LogP contribution < -0.4 is 15.1 Å². The van der Waals surface area contributed by atoms with Gasteiger partial charge in [0.25, 0.3) is 0 Å². The summed E-state index contributed by atoms with van der Waals surface area (Å²) in [5.41, 5.74) is 4.08. The molecule has 2 heterocycles. The van der Waals surface area contributed by atoms with Crippen LogP contribution in [0.1, 0.15) is 23.6 Å². The van der Waals surface area contributed by atoms with Gasteiger partial charge in [-0.25, -0.2) is 14.7 Å². The van der Waals surface area contributed by atoms with Crippen LogP contribution in [0.5, 0.6) is 0 Å². The van der Waals surface area contributed by atoms with Gasteiger partial charge in [0.1, 0.15) is 6.54 Å². The van der Waals surface area contributed by atoms with E-state index in [4.69, 9.17) is 0 Å². The van der Waals surface area contributed by atoms with Gasteiger partial charge in [0.2, 0.25) is 5.95 Å². The number of carbonyl (C=O) groups excluding carboxylic acids is 1. The number of aromatic nitrogens is 2. The van der Waals surface area contributed by atoms with E-state index in [0.717, 1.165) is 17.5 Å². The number of benzene rings is 2. The van der Waals surface area contributed by atoms with Crippen molar-refractivity contribution in [3.63, 3.8) is 0 Å². The molecule has 0 radical (unpaired) electrons. The molecule has 0 bridgehead atoms. The van der Waals surface area contributed by atoms with Crippen molar-refractivity contribution in [2.75, 3.05) is 21.7 Å². The normalized spacial score (nSPS) is 13.8. The number of nitrogens with one attached hydrogen (secondary N) is 1. The van der Waals surface area contributed by atoms with Crippen LogP contribution in [0.15, 0.2) is 54.7 Å². The third kappa shape index (κ3) is 4.51. The van der Waals surface area contributed by atoms with E-state index >= 15 is 0 Å². The smallest absolute Gasteiger partial charge is 0.345 e. The molecule has 1 aliphatic heterocycles. The highest BCUT2D eigenvalue weighted by Gasteiger charge is 2.35. The quantitative estimate of drug-likeness (QED) is 0.560. The fraction of sp³-hybridized carbons (Fsp3) is 0.261. The minimum atomic E-state index is -4.41. The average Bonchev–Trinajstić information content (AvgIpc) is 2.77. The van der Waals surface area contributed by atoms with Crippen LogP contribution in [0.4, 0.5) is 41.1 Å². The van der Waals surface area contributed by atoms with Crippen LogP contribution >= 0.6 is 0 Å². The largest absolute Gasteiger partial charge is 0.405 e. The summed E-state index contributed by atoms with van der Waals surface area (Å²) < 4.78 is 37.9. The lowest BCUT2D eigenvalue weighted by Gasteiger charge is -2.36. The summed E-state index contributed by atoms with van der Waals surface area (Å²) in [7, 11) is 0. The van der Waals surface area contributed by atoms with E-state index in [-0.39, 0.29) is 24.3 Å². The van der Waals surface area contributed by atoms with E-state index in [1.165, 1.54) is 11.1 Å². The number of nitrogens with zero attached hydrogens (tertiary/aromatic N) is 4. The zero-order chi connectivity index (χ0) is 22.9. The first-order valence-corrected chi connectivity index (χ1v) is 10.2. The second kappa shape index (κ2) is 8.49. The summed E-state index contributed by atoms with van der Waals surface area (Å²) in [4.78, 5) is 24.9. The Morgan fingerprint density at radius 3 is 2.31 bits per heavy atom. The van der Waals surface area contributed by atoms with Crippen LogP contribution in [-0.2, 0) is 13.0 Å². The third-order valence-corrected chi connectivity index (χ3v) is 5.20. The number of halogens is 3. The number of aryl methyl sites for hydroxylation is 2. The molecule has 0 fully saturated rings. The SMILES string of the molecule is CCc1ccc(N2C(=O)N(c3ccc(C)cc3)Cc3cnc(NCC(F)(F)F)nc32)cc1. The van der Waals surface area contributed by atoms with Crippen LogP contribution in [0.25, 0.3) is 0 Å². The Labute approximate surface area is 183 Å². The highest BCUT2D eigenvalue weighted by Crippen LogP contribution is 2.36. The molecule has 0 saturated heterocycles. The van der Waals surface area contributed by atoms with Gasteiger partial charge < -0.3 is 5.32 Å². The molecule has 9 heteroatoms. The van der Waals surface area contributed by atoms with Gasteiger partial charge in [-0.15, -0.1) is 0 Å². The Morgan fingerprint density at radius 1 is 1.03 bits per heavy atom. The molecule has 6 nitrogen and oxygen atoms in total. The molecule has 2 aromatic carbocycles. The predicted octanol–water partition coefficient (Wildman–Crippen LogP) is 5.60. The van der Waals surface area contributed by atoms with Gasteiger partial charge in [-0.1, -0.05) is 36.8 Å². The molecule has 1 N–H and O–H groups in total. The average molecular weight is 441 g/mol. The Morgan fingerprint density at radius 2 is 1.69 bits per heavy atom. The zero-order valence-electron chi connectivity index (χ0n) is 17.6. The van der Waals surface area contributed by atoms with Crippen molar-refractivity contribution < 1.29 is 18.0 Å². The van der Waals surface area contributed by atoms with Crippen molar-refractivity contribution in [3.8, 4) is 0 Å². The molecular weight excluding hydrogens is 419 g/mol. The highest BCUT2D eigenvalue weighted by molar-refractivity contribution is 6.10. The van der Waals surface area contributed by atoms with E-state index in [9.17, 15) is 18.0 Å². The first-order chi connectivity index (χ1) is 15.2. The predicted molar refractivity (Wildman–Crippen MR) is 117 cm³/mol. The van der Waals surface area contributed by atoms with Gasteiger partial charge in [-0.3, -0.25) is 4.90 Å². The van der Waals surface area contributed by atoms with E-state index < -0.39 is 12.7 Å². The lowest BCUT2D eigenvalue weighted by Crippen LogP contribution is -2.45. The standard InChI is InChI=1S/C23H22F3N5O/c1-3-16-6-10-19(11-7-16)31-20-17(12-27-21(29-20)28-14-23(24,25)26)13-30(22(31)32)18-8-4-15(2)5-9-18/h4-12H,3,13-14H2,1-2H3,(H,27,28,29). The summed E-state index contributed by atoms with van der Waals surface area (Å²) in [5.74, 6) is 0.0788. The molecule has 4 rings (SSSR count). The second-order valence-electron chi connectivity index (χ2n) is 7.57. The number of urea groups is 1. The van der Waals surface area contributed by atoms with Gasteiger partial charge >= 0.3 is 12.2 Å². The number of rotatable bonds is 5. The highest BCUT2D eigenvalue weighted by atomic mass is 19.4. The molecule has 0 saturated carbocycles. The number of anilines is 4. The molecule has 3 aromatic rings. The summed E-state index contributed by atoms with van der Waals surface area (Å²) in [6.07, 6.45) is -2.11. The van der Waals surface area contributed by atoms with Gasteiger partial charge in [0.05, 0.1) is 12.2 Å². The molecule has 1 aliphatic rings. The molecule has 1 aromatic heterocycles. The van der Waals surface area contributed by atoms with Crippen LogP contribution in [-0.4, -0.2) is 28.7 Å². The lowest BCUT2D eigenvalue weighted by molar-refractivity contribution is -0.115. The Hall–Kier alpha value is -3.62. The molecular formula is C23H22F3N5O. The number of fused-ring (bicyclic) bond motifs is 1. The van der Waals surface area contributed by atoms with Crippen LogP contribution in [0.3, 0.4) is 0 Å². The molecule has 0 unspecified atom stereocenters. The van der Waals surface area contributed by atoms with Gasteiger partial charge in [0.15, 0.2) is 5.82 Å². The van der Waals surface area contributed by atoms with Gasteiger partial charge in [0, 0.05) is 17.4 Å². The van der Waals surface area contributed by atoms with Crippen molar-refractivity contribution in [1.29, 1.82) is 0 Å². The van der Waals surface area contributed by atoms with Crippen molar-refractivity contribution in [2.45, 2.75) is 33.0 Å². The number of carbonyl (C=O) groups is 1. The molecule has 0 spiro atoms. The van der Waals surface area contributed by atoms with Crippen LogP contribution in [0, 0.1) is 6.92 Å². The molecule has 0 atom stereocenters. The third-order valence-electron chi connectivity index (χ3n) is 5.20. The zero-order valence-corrected chi connectivity index (χ0v) is 17.6. The minimum Gasteiger partial charge on any atom is -0.345 e. The Kier molecular flexibility index (Phi) is 5.73. The first-order valence-electron chi connectivity index (χ1n) is 10.2. The number of hydrogen-bond donors (Lipinski definition) is 1. The summed E-state index contributed by atoms with van der Waals surface area (Å²) in [6, 6.07) is 14.7. The van der Waals surface area contributed by atoms with E-state index in [1.54, 1.807) is 4.90 Å². The topological polar surface area (TPSA) is 61.4 Å². The van der Waals surface area contributed by atoms with Crippen LogP contribution in [0.2, 0.25) is 0 Å². The second-order valence-corrected chi connectivity index (χ2v) is 7.57. The van der Waals surface area contributed by atoms with E-state index in [1.807, 2.05) is 62.4 Å². The maximum Gasteiger partial charge on any atom is 0.405 e. The maximum atomic E-state index is 13.5. The fourth-order valence-corrected chi connectivity index (χ4v) is 3.46. The monoisotopic (exact) mass is 441 g/mol.